The highest BCUT2D eigenvalue weighted by molar-refractivity contribution is 7.81. The Morgan fingerprint density at radius 1 is 1.43 bits per heavy atom. The molecule has 0 aromatic carbocycles. The van der Waals surface area contributed by atoms with Crippen LogP contribution in [0.4, 0.5) is 0 Å². The van der Waals surface area contributed by atoms with Crippen LogP contribution in [0.1, 0.15) is 27.2 Å². The van der Waals surface area contributed by atoms with Gasteiger partial charge in [-0.05, 0) is 43.9 Å². The minimum atomic E-state index is 0.391. The predicted molar refractivity (Wildman–Crippen MR) is 67.8 cm³/mol. The smallest absolute Gasteiger partial charge is 0.0234 e. The Morgan fingerprint density at radius 3 is 2.57 bits per heavy atom. The highest BCUT2D eigenvalue weighted by Crippen LogP contribution is 2.25. The first-order valence-electron chi connectivity index (χ1n) is 5.05. The molecule has 0 fully saturated rings. The Kier molecular flexibility index (Phi) is 4.27. The first kappa shape index (κ1) is 11.4. The Bertz CT molecular complexity index is 316. The summed E-state index contributed by atoms with van der Waals surface area (Å²) >= 11 is 4.41. The third-order valence-corrected chi connectivity index (χ3v) is 2.92. The summed E-state index contributed by atoms with van der Waals surface area (Å²) in [6.45, 7) is 6.31. The van der Waals surface area contributed by atoms with Crippen molar-refractivity contribution in [3.63, 3.8) is 0 Å². The fourth-order valence-corrected chi connectivity index (χ4v) is 1.78. The number of hydrogen-bond acceptors (Lipinski definition) is 1. The molecule has 14 heavy (non-hydrogen) atoms. The minimum absolute atomic E-state index is 0.391. The molecule has 1 rings (SSSR count). The second-order valence-electron chi connectivity index (χ2n) is 3.50. The van der Waals surface area contributed by atoms with Gasteiger partial charge < -0.3 is 0 Å². The molecule has 0 saturated heterocycles. The summed E-state index contributed by atoms with van der Waals surface area (Å²) in [5.41, 5.74) is 4.00. The quantitative estimate of drug-likeness (QED) is 0.511. The van der Waals surface area contributed by atoms with Crippen molar-refractivity contribution in [1.29, 1.82) is 0 Å². The molecule has 0 saturated carbocycles. The molecule has 76 valence electrons. The topological polar surface area (TPSA) is 0 Å². The van der Waals surface area contributed by atoms with Gasteiger partial charge in [0.05, 0.1) is 0 Å². The van der Waals surface area contributed by atoms with Crippen LogP contribution in [0.2, 0.25) is 0 Å². The van der Waals surface area contributed by atoms with Crippen molar-refractivity contribution in [3.8, 4) is 0 Å². The van der Waals surface area contributed by atoms with Crippen molar-refractivity contribution in [2.24, 2.45) is 0 Å². The zero-order valence-electron chi connectivity index (χ0n) is 9.12. The zero-order valence-corrected chi connectivity index (χ0v) is 10.0. The predicted octanol–water partition coefficient (Wildman–Crippen LogP) is 4.08. The van der Waals surface area contributed by atoms with Crippen LogP contribution in [-0.4, -0.2) is 5.25 Å². The molecule has 0 aromatic heterocycles. The van der Waals surface area contributed by atoms with Crippen LogP contribution in [0, 0.1) is 0 Å². The van der Waals surface area contributed by atoms with E-state index in [0.29, 0.717) is 5.25 Å². The first-order chi connectivity index (χ1) is 6.69. The van der Waals surface area contributed by atoms with Crippen LogP contribution in [0.5, 0.6) is 0 Å². The van der Waals surface area contributed by atoms with E-state index in [2.05, 4.69) is 63.8 Å². The Morgan fingerprint density at radius 2 is 2.14 bits per heavy atom. The van der Waals surface area contributed by atoms with E-state index in [0.717, 1.165) is 6.42 Å². The molecule has 0 spiro atoms. The van der Waals surface area contributed by atoms with Crippen LogP contribution in [0.3, 0.4) is 0 Å². The molecule has 1 aliphatic rings. The molecule has 0 bridgehead atoms. The molecule has 0 amide bonds. The van der Waals surface area contributed by atoms with Gasteiger partial charge >= 0.3 is 0 Å². The van der Waals surface area contributed by atoms with Crippen molar-refractivity contribution in [3.05, 3.63) is 47.1 Å². The lowest BCUT2D eigenvalue weighted by Gasteiger charge is -2.14. The maximum absolute atomic E-state index is 4.41. The van der Waals surface area contributed by atoms with Gasteiger partial charge in [-0.1, -0.05) is 30.4 Å². The summed E-state index contributed by atoms with van der Waals surface area (Å²) in [6.07, 6.45) is 11.9. The highest BCUT2D eigenvalue weighted by atomic mass is 32.1. The van der Waals surface area contributed by atoms with Crippen LogP contribution < -0.4 is 0 Å². The van der Waals surface area contributed by atoms with Gasteiger partial charge in [-0.3, -0.25) is 0 Å². The standard InChI is InChI=1S/C13H18S/c1-4-10(3)13(5-2)11-6-8-12(14)9-7-11/h4-8,12,14H,9H2,1-3H3/b10-4-,13-5+. The van der Waals surface area contributed by atoms with Crippen LogP contribution in [-0.2, 0) is 0 Å². The van der Waals surface area contributed by atoms with E-state index in [4.69, 9.17) is 0 Å². The van der Waals surface area contributed by atoms with Crippen LogP contribution in [0.25, 0.3) is 0 Å². The van der Waals surface area contributed by atoms with E-state index in [-0.39, 0.29) is 0 Å². The van der Waals surface area contributed by atoms with E-state index >= 15 is 0 Å². The van der Waals surface area contributed by atoms with Crippen LogP contribution >= 0.6 is 12.6 Å². The summed E-state index contributed by atoms with van der Waals surface area (Å²) in [6, 6.07) is 0. The first-order valence-corrected chi connectivity index (χ1v) is 5.57. The second-order valence-corrected chi connectivity index (χ2v) is 4.16. The van der Waals surface area contributed by atoms with Gasteiger partial charge in [-0.25, -0.2) is 0 Å². The second kappa shape index (κ2) is 5.26. The molecule has 0 aliphatic heterocycles. The lowest BCUT2D eigenvalue weighted by Crippen LogP contribution is -2.00. The number of hydrogen-bond donors (Lipinski definition) is 1. The van der Waals surface area contributed by atoms with Gasteiger partial charge in [0.15, 0.2) is 0 Å². The van der Waals surface area contributed by atoms with Gasteiger partial charge in [-0.2, -0.15) is 12.6 Å². The SMILES string of the molecule is C/C=C(C)\C(=C/C)C1=CCC(S)C=C1. The molecule has 0 nitrogen and oxygen atoms in total. The summed E-state index contributed by atoms with van der Waals surface area (Å²) in [5, 5.41) is 0.391. The molecule has 1 heteroatoms. The maximum atomic E-state index is 4.41. The average molecular weight is 206 g/mol. The molecular formula is C13H18S. The normalized spacial score (nSPS) is 23.7. The third-order valence-electron chi connectivity index (χ3n) is 2.53. The number of thiol groups is 1. The molecule has 1 aliphatic carbocycles. The summed E-state index contributed by atoms with van der Waals surface area (Å²) < 4.78 is 0. The molecule has 1 atom stereocenters. The van der Waals surface area contributed by atoms with E-state index < -0.39 is 0 Å². The number of rotatable bonds is 2. The van der Waals surface area contributed by atoms with E-state index in [1.165, 1.54) is 16.7 Å². The van der Waals surface area contributed by atoms with Crippen molar-refractivity contribution in [2.75, 3.05) is 0 Å². The highest BCUT2D eigenvalue weighted by Gasteiger charge is 2.08. The molecule has 0 N–H and O–H groups in total. The third kappa shape index (κ3) is 2.65. The molecular weight excluding hydrogens is 188 g/mol. The van der Waals surface area contributed by atoms with Crippen LogP contribution in [0.15, 0.2) is 47.1 Å². The fraction of sp³-hybridized carbons (Fsp3) is 0.385. The summed E-state index contributed by atoms with van der Waals surface area (Å²) in [7, 11) is 0. The Balaban J connectivity index is 2.89. The maximum Gasteiger partial charge on any atom is 0.0234 e. The lowest BCUT2D eigenvalue weighted by molar-refractivity contribution is 1.04. The lowest BCUT2D eigenvalue weighted by atomic mass is 9.94. The monoisotopic (exact) mass is 206 g/mol. The Hall–Kier alpha value is -0.690. The molecule has 0 aromatic rings. The van der Waals surface area contributed by atoms with E-state index in [1.54, 1.807) is 0 Å². The fourth-order valence-electron chi connectivity index (χ4n) is 1.59. The van der Waals surface area contributed by atoms with E-state index in [9.17, 15) is 0 Å². The van der Waals surface area contributed by atoms with Gasteiger partial charge in [-0.15, -0.1) is 0 Å². The average Bonchev–Trinajstić information content (AvgIpc) is 2.21. The van der Waals surface area contributed by atoms with Crippen molar-refractivity contribution >= 4 is 12.6 Å². The van der Waals surface area contributed by atoms with Gasteiger partial charge in [0.25, 0.3) is 0 Å². The largest absolute Gasteiger partial charge is 0.171 e. The van der Waals surface area contributed by atoms with Crippen molar-refractivity contribution in [1.82, 2.24) is 0 Å². The Labute approximate surface area is 92.5 Å². The molecule has 1 unspecified atom stereocenters. The van der Waals surface area contributed by atoms with Crippen molar-refractivity contribution < 1.29 is 0 Å². The zero-order chi connectivity index (χ0) is 10.6. The van der Waals surface area contributed by atoms with Gasteiger partial charge in [0, 0.05) is 5.25 Å². The van der Waals surface area contributed by atoms with Gasteiger partial charge in [0.1, 0.15) is 0 Å². The summed E-state index contributed by atoms with van der Waals surface area (Å²) in [4.78, 5) is 0. The van der Waals surface area contributed by atoms with Crippen molar-refractivity contribution in [2.45, 2.75) is 32.4 Å². The van der Waals surface area contributed by atoms with Gasteiger partial charge in [0.2, 0.25) is 0 Å². The molecule has 0 radical (unpaired) electrons. The minimum Gasteiger partial charge on any atom is -0.171 e. The summed E-state index contributed by atoms with van der Waals surface area (Å²) in [5.74, 6) is 0. The van der Waals surface area contributed by atoms with E-state index in [1.807, 2.05) is 0 Å². The molecule has 0 heterocycles. The number of allylic oxidation sites excluding steroid dienone is 7.